The molecule has 2 N–H and O–H groups in total. The van der Waals surface area contributed by atoms with E-state index in [1.165, 1.54) is 11.1 Å². The highest BCUT2D eigenvalue weighted by atomic mass is 35.5. The van der Waals surface area contributed by atoms with Gasteiger partial charge in [-0.05, 0) is 49.1 Å². The molecule has 2 aromatic rings. The first-order valence-corrected chi connectivity index (χ1v) is 7.07. The molecule has 0 radical (unpaired) electrons. The highest BCUT2D eigenvalue weighted by molar-refractivity contribution is 6.31. The molecule has 2 nitrogen and oxygen atoms in total. The van der Waals surface area contributed by atoms with Crippen LogP contribution in [0.15, 0.2) is 30.3 Å². The second-order valence-electron chi connectivity index (χ2n) is 5.07. The zero-order valence-corrected chi connectivity index (χ0v) is 12.9. The summed E-state index contributed by atoms with van der Waals surface area (Å²) < 4.78 is 5.97. The van der Waals surface area contributed by atoms with Crippen molar-refractivity contribution in [2.24, 2.45) is 5.73 Å². The van der Waals surface area contributed by atoms with Crippen LogP contribution in [0.2, 0.25) is 5.02 Å². The summed E-state index contributed by atoms with van der Waals surface area (Å²) in [5.74, 6) is 0.948. The Balaban J connectivity index is 2.19. The first kappa shape index (κ1) is 14.9. The van der Waals surface area contributed by atoms with Gasteiger partial charge >= 0.3 is 0 Å². The molecule has 20 heavy (non-hydrogen) atoms. The predicted octanol–water partition coefficient (Wildman–Crippen LogP) is 4.30. The van der Waals surface area contributed by atoms with Crippen LogP contribution in [0.4, 0.5) is 0 Å². The second kappa shape index (κ2) is 6.29. The average Bonchev–Trinajstić information content (AvgIpc) is 2.44. The van der Waals surface area contributed by atoms with Crippen molar-refractivity contribution < 1.29 is 4.74 Å². The number of benzene rings is 2. The maximum atomic E-state index is 6.25. The Morgan fingerprint density at radius 1 is 1.05 bits per heavy atom. The third-order valence-electron chi connectivity index (χ3n) is 3.60. The van der Waals surface area contributed by atoms with E-state index in [1.807, 2.05) is 18.2 Å². The van der Waals surface area contributed by atoms with Gasteiger partial charge in [0.1, 0.15) is 12.4 Å². The van der Waals surface area contributed by atoms with Gasteiger partial charge in [-0.15, -0.1) is 0 Å². The van der Waals surface area contributed by atoms with E-state index in [-0.39, 0.29) is 0 Å². The number of hydrogen-bond acceptors (Lipinski definition) is 2. The van der Waals surface area contributed by atoms with Gasteiger partial charge in [-0.2, -0.15) is 0 Å². The molecule has 0 aromatic heterocycles. The molecule has 0 amide bonds. The van der Waals surface area contributed by atoms with Gasteiger partial charge < -0.3 is 10.5 Å². The lowest BCUT2D eigenvalue weighted by molar-refractivity contribution is 0.302. The Morgan fingerprint density at radius 3 is 2.40 bits per heavy atom. The number of halogens is 1. The molecule has 106 valence electrons. The molecule has 2 aromatic carbocycles. The molecule has 0 fully saturated rings. The molecule has 0 bridgehead atoms. The predicted molar refractivity (Wildman–Crippen MR) is 84.3 cm³/mol. The van der Waals surface area contributed by atoms with Gasteiger partial charge in [0.05, 0.1) is 0 Å². The second-order valence-corrected chi connectivity index (χ2v) is 5.48. The fourth-order valence-electron chi connectivity index (χ4n) is 2.13. The van der Waals surface area contributed by atoms with Crippen LogP contribution in [-0.2, 0) is 13.2 Å². The summed E-state index contributed by atoms with van der Waals surface area (Å²) in [4.78, 5) is 0. The van der Waals surface area contributed by atoms with Gasteiger partial charge in [-0.3, -0.25) is 0 Å². The summed E-state index contributed by atoms with van der Waals surface area (Å²) in [6.45, 7) is 7.19. The fourth-order valence-corrected chi connectivity index (χ4v) is 2.39. The monoisotopic (exact) mass is 289 g/mol. The van der Waals surface area contributed by atoms with Crippen molar-refractivity contribution >= 4 is 11.6 Å². The summed E-state index contributed by atoms with van der Waals surface area (Å²) in [6, 6.07) is 10.1. The van der Waals surface area contributed by atoms with Crippen molar-refractivity contribution in [2.45, 2.75) is 33.9 Å². The van der Waals surface area contributed by atoms with Crippen molar-refractivity contribution in [2.75, 3.05) is 0 Å². The summed E-state index contributed by atoms with van der Waals surface area (Å²) >= 11 is 6.25. The summed E-state index contributed by atoms with van der Waals surface area (Å²) in [5, 5.41) is 0.705. The molecule has 0 saturated heterocycles. The molecular formula is C17H20ClNO. The van der Waals surface area contributed by atoms with Crippen molar-refractivity contribution in [3.05, 3.63) is 63.2 Å². The van der Waals surface area contributed by atoms with Gasteiger partial charge in [0.25, 0.3) is 0 Å². The molecule has 0 aliphatic heterocycles. The Kier molecular flexibility index (Phi) is 4.69. The first-order valence-electron chi connectivity index (χ1n) is 6.70. The summed E-state index contributed by atoms with van der Waals surface area (Å²) in [5.41, 5.74) is 11.2. The molecule has 0 aliphatic rings. The normalized spacial score (nSPS) is 10.7. The van der Waals surface area contributed by atoms with Crippen molar-refractivity contribution in [3.63, 3.8) is 0 Å². The Labute approximate surface area is 125 Å². The molecule has 0 spiro atoms. The third kappa shape index (κ3) is 3.14. The molecule has 0 heterocycles. The Hall–Kier alpha value is -1.51. The SMILES string of the molecule is Cc1ccc(C)c(OCc2ccc(CN)cc2Cl)c1C. The number of rotatable bonds is 4. The van der Waals surface area contributed by atoms with Crippen LogP contribution in [0, 0.1) is 20.8 Å². The fraction of sp³-hybridized carbons (Fsp3) is 0.294. The van der Waals surface area contributed by atoms with E-state index >= 15 is 0 Å². The van der Waals surface area contributed by atoms with E-state index in [2.05, 4.69) is 32.9 Å². The minimum atomic E-state index is 0.467. The lowest BCUT2D eigenvalue weighted by Gasteiger charge is -2.15. The number of nitrogens with two attached hydrogens (primary N) is 1. The van der Waals surface area contributed by atoms with Crippen molar-refractivity contribution in [1.82, 2.24) is 0 Å². The standard InChI is InChI=1S/C17H20ClNO/c1-11-4-5-12(2)17(13(11)3)20-10-15-7-6-14(9-19)8-16(15)18/h4-8H,9-10,19H2,1-3H3. The highest BCUT2D eigenvalue weighted by Gasteiger charge is 2.08. The van der Waals surface area contributed by atoms with E-state index in [4.69, 9.17) is 22.1 Å². The highest BCUT2D eigenvalue weighted by Crippen LogP contribution is 2.27. The number of ether oxygens (including phenoxy) is 1. The van der Waals surface area contributed by atoms with E-state index in [0.717, 1.165) is 22.4 Å². The molecule has 2 rings (SSSR count). The lowest BCUT2D eigenvalue weighted by atomic mass is 10.1. The molecule has 0 saturated carbocycles. The third-order valence-corrected chi connectivity index (χ3v) is 3.95. The van der Waals surface area contributed by atoms with Gasteiger partial charge in [0.15, 0.2) is 0 Å². The van der Waals surface area contributed by atoms with Crippen LogP contribution in [0.3, 0.4) is 0 Å². The smallest absolute Gasteiger partial charge is 0.125 e. The van der Waals surface area contributed by atoms with E-state index in [0.29, 0.717) is 18.2 Å². The summed E-state index contributed by atoms with van der Waals surface area (Å²) in [6.07, 6.45) is 0. The molecular weight excluding hydrogens is 270 g/mol. The Bertz CT molecular complexity index is 623. The van der Waals surface area contributed by atoms with E-state index in [1.54, 1.807) is 0 Å². The maximum absolute atomic E-state index is 6.25. The van der Waals surface area contributed by atoms with Gasteiger partial charge in [0.2, 0.25) is 0 Å². The first-order chi connectivity index (χ1) is 9.52. The van der Waals surface area contributed by atoms with Gasteiger partial charge in [-0.1, -0.05) is 35.9 Å². The summed E-state index contributed by atoms with van der Waals surface area (Å²) in [7, 11) is 0. The van der Waals surface area contributed by atoms with Crippen molar-refractivity contribution in [3.8, 4) is 5.75 Å². The molecule has 0 unspecified atom stereocenters. The maximum Gasteiger partial charge on any atom is 0.125 e. The molecule has 0 atom stereocenters. The van der Waals surface area contributed by atoms with E-state index < -0.39 is 0 Å². The van der Waals surface area contributed by atoms with Crippen molar-refractivity contribution in [1.29, 1.82) is 0 Å². The average molecular weight is 290 g/mol. The largest absolute Gasteiger partial charge is 0.488 e. The van der Waals surface area contributed by atoms with Crippen LogP contribution in [-0.4, -0.2) is 0 Å². The van der Waals surface area contributed by atoms with Gasteiger partial charge in [-0.25, -0.2) is 0 Å². The van der Waals surface area contributed by atoms with Crippen LogP contribution < -0.4 is 10.5 Å². The number of hydrogen-bond donors (Lipinski definition) is 1. The zero-order chi connectivity index (χ0) is 14.7. The van der Waals surface area contributed by atoms with Crippen LogP contribution in [0.1, 0.15) is 27.8 Å². The quantitative estimate of drug-likeness (QED) is 0.910. The zero-order valence-electron chi connectivity index (χ0n) is 12.2. The lowest BCUT2D eigenvalue weighted by Crippen LogP contribution is -2.02. The van der Waals surface area contributed by atoms with E-state index in [9.17, 15) is 0 Å². The number of aryl methyl sites for hydroxylation is 2. The minimum Gasteiger partial charge on any atom is -0.488 e. The topological polar surface area (TPSA) is 35.2 Å². The van der Waals surface area contributed by atoms with Crippen LogP contribution in [0.25, 0.3) is 0 Å². The van der Waals surface area contributed by atoms with Crippen LogP contribution in [0.5, 0.6) is 5.75 Å². The molecule has 0 aliphatic carbocycles. The Morgan fingerprint density at radius 2 is 1.75 bits per heavy atom. The minimum absolute atomic E-state index is 0.467. The van der Waals surface area contributed by atoms with Crippen LogP contribution >= 0.6 is 11.6 Å². The van der Waals surface area contributed by atoms with Gasteiger partial charge in [0, 0.05) is 17.1 Å². The molecule has 3 heteroatoms.